The predicted octanol–water partition coefficient (Wildman–Crippen LogP) is 7.03. The van der Waals surface area contributed by atoms with Gasteiger partial charge >= 0.3 is 12.2 Å². The van der Waals surface area contributed by atoms with Crippen LogP contribution < -0.4 is 19.9 Å². The van der Waals surface area contributed by atoms with Crippen LogP contribution in [-0.2, 0) is 24.4 Å². The Morgan fingerprint density at radius 3 is 2.30 bits per heavy atom. The number of nitrogens with one attached hydrogen (secondary N) is 1. The van der Waals surface area contributed by atoms with Crippen LogP contribution in [0.15, 0.2) is 42.5 Å². The van der Waals surface area contributed by atoms with E-state index in [1.165, 1.54) is 4.68 Å². The maximum atomic E-state index is 14.3. The van der Waals surface area contributed by atoms with Gasteiger partial charge in [0.2, 0.25) is 5.91 Å². The molecule has 14 heteroatoms. The second kappa shape index (κ2) is 13.0. The van der Waals surface area contributed by atoms with Gasteiger partial charge in [0.15, 0.2) is 5.82 Å². The molecule has 0 radical (unpaired) electrons. The molecule has 14 nitrogen and oxygen atoms in total. The Morgan fingerprint density at radius 2 is 1.64 bits per heavy atom. The molecule has 2 atom stereocenters. The van der Waals surface area contributed by atoms with Crippen LogP contribution in [0.1, 0.15) is 90.6 Å². The van der Waals surface area contributed by atoms with Gasteiger partial charge in [-0.1, -0.05) is 19.9 Å². The summed E-state index contributed by atoms with van der Waals surface area (Å²) in [6.07, 6.45) is -0.931. The van der Waals surface area contributed by atoms with Crippen molar-refractivity contribution in [2.24, 2.45) is 0 Å². The Bertz CT molecular complexity index is 2110. The van der Waals surface area contributed by atoms with Crippen molar-refractivity contribution in [3.05, 3.63) is 59.4 Å². The van der Waals surface area contributed by atoms with Crippen LogP contribution in [0.25, 0.3) is 10.9 Å². The Hall–Kier alpha value is -5.24. The Balaban J connectivity index is 1.29. The number of methoxy groups -OCH3 is 1. The minimum atomic E-state index is -1.02. The van der Waals surface area contributed by atoms with Gasteiger partial charge in [-0.2, -0.15) is 4.68 Å². The molecular formula is C39H47N7O7. The lowest BCUT2D eigenvalue weighted by Crippen LogP contribution is -2.41. The van der Waals surface area contributed by atoms with Crippen molar-refractivity contribution in [2.75, 3.05) is 48.5 Å². The quantitative estimate of drug-likeness (QED) is 0.217. The van der Waals surface area contributed by atoms with E-state index < -0.39 is 28.8 Å². The number of aromatic nitrogens is 4. The van der Waals surface area contributed by atoms with Crippen LogP contribution in [0.3, 0.4) is 0 Å². The van der Waals surface area contributed by atoms with E-state index in [-0.39, 0.29) is 17.7 Å². The Kier molecular flexibility index (Phi) is 8.87. The van der Waals surface area contributed by atoms with Gasteiger partial charge in [0.05, 0.1) is 36.9 Å². The third-order valence-electron chi connectivity index (χ3n) is 9.55. The zero-order valence-corrected chi connectivity index (χ0v) is 31.8. The molecule has 2 amide bonds. The third-order valence-corrected chi connectivity index (χ3v) is 9.55. The van der Waals surface area contributed by atoms with Crippen molar-refractivity contribution in [3.8, 4) is 5.75 Å². The number of rotatable bonds is 6. The van der Waals surface area contributed by atoms with Crippen molar-refractivity contribution in [1.29, 1.82) is 0 Å². The first-order valence-corrected chi connectivity index (χ1v) is 18.0. The van der Waals surface area contributed by atoms with Crippen LogP contribution in [0.2, 0.25) is 0 Å². The fourth-order valence-corrected chi connectivity index (χ4v) is 7.04. The van der Waals surface area contributed by atoms with E-state index in [9.17, 15) is 14.4 Å². The summed E-state index contributed by atoms with van der Waals surface area (Å²) in [6, 6.07) is 12.9. The molecule has 3 aliphatic rings. The van der Waals surface area contributed by atoms with Gasteiger partial charge in [0.1, 0.15) is 34.4 Å². The zero-order chi connectivity index (χ0) is 38.0. The lowest BCUT2D eigenvalue weighted by molar-refractivity contribution is -0.120. The normalized spacial score (nSPS) is 19.9. The van der Waals surface area contributed by atoms with Crippen LogP contribution in [0.4, 0.5) is 32.7 Å². The first-order valence-electron chi connectivity index (χ1n) is 18.0. The summed E-state index contributed by atoms with van der Waals surface area (Å²) >= 11 is 0. The van der Waals surface area contributed by atoms with Crippen LogP contribution >= 0.6 is 0 Å². The number of carbonyl (C=O) groups excluding carboxylic acids is 3. The minimum Gasteiger partial charge on any atom is -0.497 e. The van der Waals surface area contributed by atoms with Crippen molar-refractivity contribution in [1.82, 2.24) is 19.7 Å². The number of anilines is 4. The largest absolute Gasteiger partial charge is 0.497 e. The van der Waals surface area contributed by atoms with Crippen LogP contribution in [0, 0.1) is 0 Å². The molecule has 280 valence electrons. The second-order valence-electron chi connectivity index (χ2n) is 16.1. The highest BCUT2D eigenvalue weighted by molar-refractivity contribution is 6.23. The zero-order valence-electron chi connectivity index (χ0n) is 31.8. The highest BCUT2D eigenvalue weighted by Gasteiger charge is 2.68. The van der Waals surface area contributed by atoms with Gasteiger partial charge in [-0.3, -0.25) is 4.79 Å². The van der Waals surface area contributed by atoms with Gasteiger partial charge in [-0.05, 0) is 89.4 Å². The molecule has 2 aliphatic heterocycles. The van der Waals surface area contributed by atoms with Gasteiger partial charge < -0.3 is 29.2 Å². The molecular weight excluding hydrogens is 678 g/mol. The van der Waals surface area contributed by atoms with Gasteiger partial charge in [0, 0.05) is 36.4 Å². The molecule has 1 spiro atoms. The second-order valence-corrected chi connectivity index (χ2v) is 16.1. The van der Waals surface area contributed by atoms with Gasteiger partial charge in [0.25, 0.3) is 0 Å². The lowest BCUT2D eigenvalue weighted by atomic mass is 9.91. The number of nitrogens with zero attached hydrogens (tertiary/aromatic N) is 6. The van der Waals surface area contributed by atoms with Gasteiger partial charge in [-0.25, -0.2) is 24.5 Å². The predicted molar refractivity (Wildman–Crippen MR) is 200 cm³/mol. The topological polar surface area (TPSA) is 150 Å². The average molecular weight is 726 g/mol. The monoisotopic (exact) mass is 725 g/mol. The lowest BCUT2D eigenvalue weighted by Gasteiger charge is -2.28. The fraction of sp³-hybridized carbons (Fsp3) is 0.487. The maximum absolute atomic E-state index is 14.3. The molecule has 1 saturated carbocycles. The first kappa shape index (κ1) is 36.1. The molecule has 0 bridgehead atoms. The number of imide groups is 1. The van der Waals surface area contributed by atoms with Crippen molar-refractivity contribution < 1.29 is 33.3 Å². The molecule has 4 heterocycles. The SMILES string of the molecule is COc1ccc2c(c1)[C@]1(C[C@H]1c1ccc3c(Nc4cc(N5CCOCC5)nc(C(C)C)n4)nn(C(=O)OC(C)(C)C)c3c1)C(=O)N2C(=O)OC(C)(C)C. The van der Waals surface area contributed by atoms with Gasteiger partial charge in [-0.15, -0.1) is 5.10 Å². The fourth-order valence-electron chi connectivity index (χ4n) is 7.04. The molecule has 1 N–H and O–H groups in total. The molecule has 2 aromatic heterocycles. The molecule has 53 heavy (non-hydrogen) atoms. The summed E-state index contributed by atoms with van der Waals surface area (Å²) < 4.78 is 23.8. The van der Waals surface area contributed by atoms with E-state index in [4.69, 9.17) is 34.0 Å². The van der Waals surface area contributed by atoms with Crippen molar-refractivity contribution >= 4 is 52.1 Å². The van der Waals surface area contributed by atoms with E-state index >= 15 is 0 Å². The smallest absolute Gasteiger partial charge is 0.435 e. The summed E-state index contributed by atoms with van der Waals surface area (Å²) in [5, 5.41) is 8.74. The standard InChI is InChI=1S/C39H47N7O7/c1-22(2)32-40-30(20-31(42-32)44-14-16-51-17-15-44)41-33-25-12-10-23(18-29(25)46(43-33)36(49)53-38(6,7)8)27-21-39(27)26-19-24(50-9)11-13-28(26)45(34(39)47)35(48)52-37(3,4)5/h10-13,18-20,22,27H,14-17,21H2,1-9H3,(H,40,41,42,43)/t27-,39-/m0/s1. The molecule has 2 aromatic carbocycles. The number of fused-ring (bicyclic) bond motifs is 3. The molecule has 7 rings (SSSR count). The summed E-state index contributed by atoms with van der Waals surface area (Å²) in [5.41, 5.74) is -0.129. The number of hydrogen-bond acceptors (Lipinski definition) is 12. The van der Waals surface area contributed by atoms with E-state index in [0.29, 0.717) is 78.1 Å². The minimum absolute atomic E-state index is 0.0654. The number of benzene rings is 2. The third kappa shape index (κ3) is 6.76. The maximum Gasteiger partial charge on any atom is 0.435 e. The molecule has 2 fully saturated rings. The molecule has 1 saturated heterocycles. The Morgan fingerprint density at radius 1 is 0.943 bits per heavy atom. The summed E-state index contributed by atoms with van der Waals surface area (Å²) in [5.74, 6) is 2.38. The van der Waals surface area contributed by atoms with E-state index in [0.717, 1.165) is 16.3 Å². The summed E-state index contributed by atoms with van der Waals surface area (Å²) in [7, 11) is 1.56. The first-order chi connectivity index (χ1) is 25.0. The molecule has 4 aromatic rings. The van der Waals surface area contributed by atoms with Crippen LogP contribution in [-0.4, -0.2) is 82.5 Å². The highest BCUT2D eigenvalue weighted by Crippen LogP contribution is 2.67. The van der Waals surface area contributed by atoms with Crippen molar-refractivity contribution in [3.63, 3.8) is 0 Å². The highest BCUT2D eigenvalue weighted by atomic mass is 16.6. The van der Waals surface area contributed by atoms with E-state index in [1.807, 2.05) is 44.2 Å². The molecule has 1 aliphatic carbocycles. The number of carbonyl (C=O) groups is 3. The van der Waals surface area contributed by atoms with E-state index in [2.05, 4.69) is 10.2 Å². The average Bonchev–Trinajstić information content (AvgIpc) is 3.68. The molecule has 0 unspecified atom stereocenters. The number of amides is 2. The number of hydrogen-bond donors (Lipinski definition) is 1. The number of morpholine rings is 1. The summed E-state index contributed by atoms with van der Waals surface area (Å²) in [4.78, 5) is 54.4. The summed E-state index contributed by atoms with van der Waals surface area (Å²) in [6.45, 7) is 17.4. The Labute approximate surface area is 308 Å². The van der Waals surface area contributed by atoms with E-state index in [1.54, 1.807) is 60.8 Å². The van der Waals surface area contributed by atoms with Crippen molar-refractivity contribution in [2.45, 2.75) is 90.3 Å². The van der Waals surface area contributed by atoms with Crippen LogP contribution in [0.5, 0.6) is 5.75 Å². The number of ether oxygens (including phenoxy) is 4.